The van der Waals surface area contributed by atoms with Gasteiger partial charge in [0.05, 0.1) is 17.9 Å². The molecule has 2 aliphatic rings. The first-order valence-corrected chi connectivity index (χ1v) is 10.8. The normalized spacial score (nSPS) is 19.2. The van der Waals surface area contributed by atoms with E-state index in [-0.39, 0.29) is 5.91 Å². The van der Waals surface area contributed by atoms with Crippen LogP contribution in [0.1, 0.15) is 53.7 Å². The Hall–Kier alpha value is -1.38. The molecule has 1 aliphatic heterocycles. The second-order valence-electron chi connectivity index (χ2n) is 6.70. The number of rotatable bonds is 4. The molecule has 0 bridgehead atoms. The maximum absolute atomic E-state index is 12.8. The van der Waals surface area contributed by atoms with Gasteiger partial charge >= 0.3 is 0 Å². The minimum atomic E-state index is -0.472. The molecule has 1 aliphatic carbocycles. The summed E-state index contributed by atoms with van der Waals surface area (Å²) in [4.78, 5) is 19.0. The van der Waals surface area contributed by atoms with E-state index in [0.717, 1.165) is 41.5 Å². The average molecular weight is 379 g/mol. The number of fused-ring (bicyclic) bond motifs is 1. The SMILES string of the molecule is CSc1nc(C(=O)N2CCCn3nc(C(O)C4CCC4)cc3C2)cs1. The standard InChI is InChI=1S/C17H22N4O2S2/c1-24-17-18-14(10-25-17)16(23)20-6-3-7-21-12(9-20)8-13(19-21)15(22)11-4-2-5-11/h8,10-11,15,22H,2-7,9H2,1H3. The van der Waals surface area contributed by atoms with Crippen molar-refractivity contribution in [3.05, 3.63) is 28.5 Å². The van der Waals surface area contributed by atoms with E-state index in [4.69, 9.17) is 0 Å². The Balaban J connectivity index is 1.52. The van der Waals surface area contributed by atoms with Crippen LogP contribution in [0.4, 0.5) is 0 Å². The number of carbonyl (C=O) groups excluding carboxylic acids is 1. The molecule has 1 N–H and O–H groups in total. The topological polar surface area (TPSA) is 71.2 Å². The summed E-state index contributed by atoms with van der Waals surface area (Å²) < 4.78 is 2.87. The molecule has 1 amide bonds. The van der Waals surface area contributed by atoms with Crippen molar-refractivity contribution in [1.29, 1.82) is 0 Å². The predicted octanol–water partition coefficient (Wildman–Crippen LogP) is 2.94. The van der Waals surface area contributed by atoms with E-state index >= 15 is 0 Å². The van der Waals surface area contributed by atoms with Crippen molar-refractivity contribution in [3.8, 4) is 0 Å². The highest BCUT2D eigenvalue weighted by atomic mass is 32.2. The Labute approximate surface area is 155 Å². The predicted molar refractivity (Wildman–Crippen MR) is 97.8 cm³/mol. The van der Waals surface area contributed by atoms with E-state index in [1.54, 1.807) is 11.8 Å². The second-order valence-corrected chi connectivity index (χ2v) is 8.61. The largest absolute Gasteiger partial charge is 0.386 e. The molecule has 0 aromatic carbocycles. The van der Waals surface area contributed by atoms with Crippen LogP contribution in [0.2, 0.25) is 0 Å². The van der Waals surface area contributed by atoms with E-state index in [1.165, 1.54) is 17.8 Å². The fourth-order valence-electron chi connectivity index (χ4n) is 3.41. The number of hydrogen-bond acceptors (Lipinski definition) is 6. The van der Waals surface area contributed by atoms with Gasteiger partial charge in [-0.05, 0) is 37.5 Å². The summed E-state index contributed by atoms with van der Waals surface area (Å²) in [5, 5.41) is 16.9. The van der Waals surface area contributed by atoms with Gasteiger partial charge in [-0.1, -0.05) is 18.2 Å². The molecule has 0 radical (unpaired) electrons. The molecule has 2 aromatic heterocycles. The molecule has 1 saturated carbocycles. The first-order valence-electron chi connectivity index (χ1n) is 8.69. The van der Waals surface area contributed by atoms with Crippen molar-refractivity contribution in [2.24, 2.45) is 5.92 Å². The monoisotopic (exact) mass is 378 g/mol. The molecule has 1 unspecified atom stereocenters. The molecular weight excluding hydrogens is 356 g/mol. The van der Waals surface area contributed by atoms with Crippen LogP contribution in [-0.2, 0) is 13.1 Å². The Kier molecular flexibility index (Phi) is 4.84. The number of hydrogen-bond donors (Lipinski definition) is 1. The van der Waals surface area contributed by atoms with Crippen LogP contribution >= 0.6 is 23.1 Å². The lowest BCUT2D eigenvalue weighted by Gasteiger charge is -2.29. The molecule has 3 heterocycles. The van der Waals surface area contributed by atoms with Crippen LogP contribution in [0.25, 0.3) is 0 Å². The molecule has 25 heavy (non-hydrogen) atoms. The van der Waals surface area contributed by atoms with Crippen LogP contribution in [0.15, 0.2) is 15.8 Å². The molecule has 0 saturated heterocycles. The lowest BCUT2D eigenvalue weighted by Crippen LogP contribution is -2.31. The third-order valence-corrected chi connectivity index (χ3v) is 6.96. The van der Waals surface area contributed by atoms with Gasteiger partial charge in [0.15, 0.2) is 0 Å². The van der Waals surface area contributed by atoms with E-state index in [1.807, 2.05) is 27.3 Å². The zero-order valence-corrected chi connectivity index (χ0v) is 15.9. The summed E-state index contributed by atoms with van der Waals surface area (Å²) in [5.74, 6) is 0.323. The van der Waals surface area contributed by atoms with Gasteiger partial charge in [0.1, 0.15) is 16.1 Å². The molecule has 6 nitrogen and oxygen atoms in total. The van der Waals surface area contributed by atoms with Gasteiger partial charge in [-0.3, -0.25) is 9.48 Å². The molecule has 1 atom stereocenters. The fraction of sp³-hybridized carbons (Fsp3) is 0.588. The van der Waals surface area contributed by atoms with Crippen molar-refractivity contribution < 1.29 is 9.90 Å². The average Bonchev–Trinajstić information content (AvgIpc) is 3.15. The Morgan fingerprint density at radius 3 is 2.92 bits per heavy atom. The number of aromatic nitrogens is 3. The van der Waals surface area contributed by atoms with Crippen LogP contribution in [0, 0.1) is 5.92 Å². The minimum Gasteiger partial charge on any atom is -0.386 e. The van der Waals surface area contributed by atoms with Crippen molar-refractivity contribution >= 4 is 29.0 Å². The van der Waals surface area contributed by atoms with Crippen LogP contribution in [-0.4, -0.2) is 43.5 Å². The number of aliphatic hydroxyl groups is 1. The Morgan fingerprint density at radius 1 is 1.40 bits per heavy atom. The summed E-state index contributed by atoms with van der Waals surface area (Å²) in [6.45, 7) is 2.01. The molecule has 4 rings (SSSR count). The molecule has 2 aromatic rings. The Morgan fingerprint density at radius 2 is 2.24 bits per heavy atom. The number of thioether (sulfide) groups is 1. The van der Waals surface area contributed by atoms with Gasteiger partial charge in [-0.25, -0.2) is 4.98 Å². The number of nitrogens with zero attached hydrogens (tertiary/aromatic N) is 4. The lowest BCUT2D eigenvalue weighted by atomic mass is 9.80. The fourth-order valence-corrected chi connectivity index (χ4v) is 4.65. The van der Waals surface area contributed by atoms with E-state index in [0.29, 0.717) is 24.7 Å². The number of carbonyl (C=O) groups is 1. The van der Waals surface area contributed by atoms with Gasteiger partial charge in [-0.15, -0.1) is 11.3 Å². The van der Waals surface area contributed by atoms with Gasteiger partial charge in [-0.2, -0.15) is 5.10 Å². The van der Waals surface area contributed by atoms with E-state index < -0.39 is 6.10 Å². The van der Waals surface area contributed by atoms with E-state index in [9.17, 15) is 9.90 Å². The zero-order valence-electron chi connectivity index (χ0n) is 14.2. The van der Waals surface area contributed by atoms with Crippen molar-refractivity contribution in [3.63, 3.8) is 0 Å². The summed E-state index contributed by atoms with van der Waals surface area (Å²) in [5.41, 5.74) is 2.28. The van der Waals surface area contributed by atoms with Gasteiger partial charge in [0.25, 0.3) is 5.91 Å². The maximum Gasteiger partial charge on any atom is 0.273 e. The van der Waals surface area contributed by atoms with Crippen LogP contribution < -0.4 is 0 Å². The highest BCUT2D eigenvalue weighted by Crippen LogP contribution is 2.37. The molecular formula is C17H22N4O2S2. The quantitative estimate of drug-likeness (QED) is 0.828. The Bertz CT molecular complexity index is 769. The first kappa shape index (κ1) is 17.1. The highest BCUT2D eigenvalue weighted by molar-refractivity contribution is 8.00. The highest BCUT2D eigenvalue weighted by Gasteiger charge is 2.30. The lowest BCUT2D eigenvalue weighted by molar-refractivity contribution is 0.0580. The van der Waals surface area contributed by atoms with Gasteiger partial charge in [0.2, 0.25) is 0 Å². The van der Waals surface area contributed by atoms with Crippen molar-refractivity contribution in [2.75, 3.05) is 12.8 Å². The minimum absolute atomic E-state index is 0.0210. The summed E-state index contributed by atoms with van der Waals surface area (Å²) in [6.07, 6.45) is 5.71. The molecule has 1 fully saturated rings. The molecule has 8 heteroatoms. The molecule has 0 spiro atoms. The summed E-state index contributed by atoms with van der Waals surface area (Å²) >= 11 is 3.06. The number of aliphatic hydroxyl groups excluding tert-OH is 1. The third kappa shape index (κ3) is 3.35. The van der Waals surface area contributed by atoms with Crippen molar-refractivity contribution in [1.82, 2.24) is 19.7 Å². The number of amides is 1. The van der Waals surface area contributed by atoms with Gasteiger partial charge in [0, 0.05) is 18.5 Å². The summed E-state index contributed by atoms with van der Waals surface area (Å²) in [7, 11) is 0. The maximum atomic E-state index is 12.8. The number of thiazole rings is 1. The third-order valence-electron chi connectivity index (χ3n) is 5.10. The zero-order chi connectivity index (χ0) is 17.4. The smallest absolute Gasteiger partial charge is 0.273 e. The second kappa shape index (κ2) is 7.09. The van der Waals surface area contributed by atoms with Crippen LogP contribution in [0.5, 0.6) is 0 Å². The first-order chi connectivity index (χ1) is 12.2. The number of aryl methyl sites for hydroxylation is 1. The van der Waals surface area contributed by atoms with Gasteiger partial charge < -0.3 is 10.0 Å². The summed E-state index contributed by atoms with van der Waals surface area (Å²) in [6, 6.07) is 1.98. The van der Waals surface area contributed by atoms with Crippen LogP contribution in [0.3, 0.4) is 0 Å². The molecule has 134 valence electrons. The van der Waals surface area contributed by atoms with Crippen molar-refractivity contribution in [2.45, 2.75) is 49.2 Å². The van der Waals surface area contributed by atoms with E-state index in [2.05, 4.69) is 10.1 Å².